The molecule has 31 heavy (non-hydrogen) atoms. The molecule has 2 aromatic carbocycles. The number of benzene rings is 2. The first-order chi connectivity index (χ1) is 14.9. The smallest absolute Gasteiger partial charge is 0.241 e. The van der Waals surface area contributed by atoms with Gasteiger partial charge in [0.15, 0.2) is 0 Å². The summed E-state index contributed by atoms with van der Waals surface area (Å²) in [4.78, 5) is 6.07. The highest BCUT2D eigenvalue weighted by molar-refractivity contribution is 7.89. The summed E-state index contributed by atoms with van der Waals surface area (Å²) in [6, 6.07) is 26.3. The number of nitrogens with zero attached hydrogens (tertiary/aromatic N) is 1. The van der Waals surface area contributed by atoms with Crippen LogP contribution in [0.2, 0.25) is 0 Å². The van der Waals surface area contributed by atoms with E-state index in [0.717, 1.165) is 27.4 Å². The maximum Gasteiger partial charge on any atom is 0.241 e. The predicted octanol–water partition coefficient (Wildman–Crippen LogP) is 5.94. The number of nitrogens with one attached hydrogen (secondary N) is 1. The molecule has 6 heteroatoms. The largest absolute Gasteiger partial charge is 0.252 e. The van der Waals surface area contributed by atoms with E-state index in [1.165, 1.54) is 11.3 Å². The minimum absolute atomic E-state index is 0.164. The minimum Gasteiger partial charge on any atom is -0.252 e. The second kappa shape index (κ2) is 9.14. The second-order valence-electron chi connectivity index (χ2n) is 7.53. The van der Waals surface area contributed by atoms with E-state index in [2.05, 4.69) is 4.72 Å². The predicted molar refractivity (Wildman–Crippen MR) is 127 cm³/mol. The molecule has 0 saturated carbocycles. The zero-order valence-corrected chi connectivity index (χ0v) is 19.0. The molecule has 2 atom stereocenters. The zero-order valence-electron chi connectivity index (χ0n) is 17.4. The number of sulfonamides is 1. The first kappa shape index (κ1) is 21.4. The third kappa shape index (κ3) is 4.93. The van der Waals surface area contributed by atoms with Crippen molar-refractivity contribution in [3.05, 3.63) is 106 Å². The Bertz CT molecular complexity index is 1240. The summed E-state index contributed by atoms with van der Waals surface area (Å²) in [6.07, 6.45) is 0. The lowest BCUT2D eigenvalue weighted by molar-refractivity contribution is 0.515. The van der Waals surface area contributed by atoms with Crippen LogP contribution in [0.4, 0.5) is 0 Å². The maximum atomic E-state index is 13.1. The Balaban J connectivity index is 1.68. The Morgan fingerprint density at radius 1 is 0.871 bits per heavy atom. The average Bonchev–Trinajstić information content (AvgIpc) is 3.33. The van der Waals surface area contributed by atoms with E-state index in [-0.39, 0.29) is 10.8 Å². The van der Waals surface area contributed by atoms with Crippen molar-refractivity contribution < 1.29 is 8.42 Å². The van der Waals surface area contributed by atoms with Gasteiger partial charge in [-0.15, -0.1) is 11.3 Å². The third-order valence-corrected chi connectivity index (χ3v) is 7.68. The van der Waals surface area contributed by atoms with Crippen LogP contribution in [-0.2, 0) is 10.0 Å². The maximum absolute atomic E-state index is 13.1. The fourth-order valence-corrected chi connectivity index (χ4v) is 5.72. The van der Waals surface area contributed by atoms with Gasteiger partial charge in [-0.1, -0.05) is 67.1 Å². The normalized spacial score (nSPS) is 13.6. The minimum atomic E-state index is -3.69. The van der Waals surface area contributed by atoms with Crippen molar-refractivity contribution in [2.75, 3.05) is 0 Å². The number of rotatable bonds is 7. The van der Waals surface area contributed by atoms with Gasteiger partial charge in [-0.2, -0.15) is 0 Å². The van der Waals surface area contributed by atoms with Crippen molar-refractivity contribution in [2.45, 2.75) is 30.7 Å². The van der Waals surface area contributed by atoms with E-state index in [1.54, 1.807) is 12.1 Å². The van der Waals surface area contributed by atoms with Crippen LogP contribution in [0.3, 0.4) is 0 Å². The fraction of sp³-hybridized carbons (Fsp3) is 0.160. The molecule has 4 aromatic rings. The molecule has 0 aliphatic rings. The SMILES string of the molecule is Cc1ccc(S(=O)(=O)N[C@@H](c2cccs2)[C@@H](C)c2cccc(-c3ccccc3)n2)cc1. The van der Waals surface area contributed by atoms with Crippen molar-refractivity contribution in [3.63, 3.8) is 0 Å². The number of aryl methyl sites for hydroxylation is 1. The molecule has 4 rings (SSSR count). The molecular weight excluding hydrogens is 424 g/mol. The van der Waals surface area contributed by atoms with Crippen LogP contribution in [0.5, 0.6) is 0 Å². The molecular formula is C25H24N2O2S2. The van der Waals surface area contributed by atoms with Gasteiger partial charge in [0, 0.05) is 22.1 Å². The summed E-state index contributed by atoms with van der Waals surface area (Å²) in [7, 11) is -3.69. The molecule has 2 heterocycles. The van der Waals surface area contributed by atoms with Crippen LogP contribution in [0.1, 0.15) is 35.0 Å². The molecule has 0 aliphatic heterocycles. The molecule has 0 fully saturated rings. The Hall–Kier alpha value is -2.80. The monoisotopic (exact) mass is 448 g/mol. The molecule has 1 N–H and O–H groups in total. The Morgan fingerprint density at radius 3 is 2.29 bits per heavy atom. The Labute approximate surface area is 187 Å². The molecule has 2 aromatic heterocycles. The number of hydrogen-bond donors (Lipinski definition) is 1. The second-order valence-corrected chi connectivity index (χ2v) is 10.2. The lowest BCUT2D eigenvalue weighted by Crippen LogP contribution is -2.31. The van der Waals surface area contributed by atoms with Crippen molar-refractivity contribution >= 4 is 21.4 Å². The highest BCUT2D eigenvalue weighted by Gasteiger charge is 2.28. The number of hydrogen-bond acceptors (Lipinski definition) is 4. The molecule has 0 unspecified atom stereocenters. The fourth-order valence-electron chi connectivity index (χ4n) is 3.47. The number of pyridine rings is 1. The number of thiophene rings is 1. The molecule has 0 spiro atoms. The highest BCUT2D eigenvalue weighted by Crippen LogP contribution is 2.34. The van der Waals surface area contributed by atoms with E-state index in [1.807, 2.05) is 92.0 Å². The molecule has 0 bridgehead atoms. The van der Waals surface area contributed by atoms with Crippen molar-refractivity contribution in [1.29, 1.82) is 0 Å². The summed E-state index contributed by atoms with van der Waals surface area (Å²) in [5, 5.41) is 1.96. The molecule has 0 saturated heterocycles. The van der Waals surface area contributed by atoms with E-state index in [0.29, 0.717) is 0 Å². The lowest BCUT2D eigenvalue weighted by atomic mass is 9.96. The average molecular weight is 449 g/mol. The molecule has 0 radical (unpaired) electrons. The van der Waals surface area contributed by atoms with E-state index >= 15 is 0 Å². The van der Waals surface area contributed by atoms with E-state index in [4.69, 9.17) is 4.98 Å². The van der Waals surface area contributed by atoms with Crippen LogP contribution < -0.4 is 4.72 Å². The van der Waals surface area contributed by atoms with Gasteiger partial charge in [-0.25, -0.2) is 13.1 Å². The van der Waals surface area contributed by atoms with E-state index in [9.17, 15) is 8.42 Å². The highest BCUT2D eigenvalue weighted by atomic mass is 32.2. The van der Waals surface area contributed by atoms with Crippen LogP contribution in [0.25, 0.3) is 11.3 Å². The summed E-state index contributed by atoms with van der Waals surface area (Å²) < 4.78 is 29.2. The Morgan fingerprint density at radius 2 is 1.61 bits per heavy atom. The number of aromatic nitrogens is 1. The molecule has 0 amide bonds. The molecule has 0 aliphatic carbocycles. The van der Waals surface area contributed by atoms with Gasteiger partial charge < -0.3 is 0 Å². The zero-order chi connectivity index (χ0) is 21.8. The van der Waals surface area contributed by atoms with Crippen molar-refractivity contribution in [2.24, 2.45) is 0 Å². The summed E-state index contributed by atoms with van der Waals surface area (Å²) >= 11 is 1.54. The van der Waals surface area contributed by atoms with Crippen molar-refractivity contribution in [3.8, 4) is 11.3 Å². The standard InChI is InChI=1S/C25H24N2O2S2/c1-18-13-15-21(16-14-18)31(28,29)27-25(24-12-7-17-30-24)19(2)22-10-6-11-23(26-22)20-8-4-3-5-9-20/h3-17,19,25,27H,1-2H3/t19-,25+/m0/s1. The topological polar surface area (TPSA) is 59.1 Å². The van der Waals surface area contributed by atoms with Crippen LogP contribution >= 0.6 is 11.3 Å². The first-order valence-electron chi connectivity index (χ1n) is 10.1. The first-order valence-corrected chi connectivity index (χ1v) is 12.4. The lowest BCUT2D eigenvalue weighted by Gasteiger charge is -2.24. The molecule has 4 nitrogen and oxygen atoms in total. The van der Waals surface area contributed by atoms with Gasteiger partial charge in [-0.05, 0) is 42.6 Å². The van der Waals surface area contributed by atoms with Gasteiger partial charge in [0.05, 0.1) is 16.6 Å². The van der Waals surface area contributed by atoms with Crippen LogP contribution in [0.15, 0.2) is 95.2 Å². The van der Waals surface area contributed by atoms with Gasteiger partial charge in [0.1, 0.15) is 0 Å². The van der Waals surface area contributed by atoms with Crippen molar-refractivity contribution in [1.82, 2.24) is 9.71 Å². The summed E-state index contributed by atoms with van der Waals surface area (Å²) in [6.45, 7) is 3.95. The van der Waals surface area contributed by atoms with Gasteiger partial charge in [-0.3, -0.25) is 4.98 Å². The third-order valence-electron chi connectivity index (χ3n) is 5.27. The van der Waals surface area contributed by atoms with Crippen LogP contribution in [-0.4, -0.2) is 13.4 Å². The summed E-state index contributed by atoms with van der Waals surface area (Å²) in [5.41, 5.74) is 3.76. The summed E-state index contributed by atoms with van der Waals surface area (Å²) in [5.74, 6) is -0.164. The van der Waals surface area contributed by atoms with Gasteiger partial charge >= 0.3 is 0 Å². The van der Waals surface area contributed by atoms with Crippen LogP contribution in [0, 0.1) is 6.92 Å². The Kier molecular flexibility index (Phi) is 6.32. The van der Waals surface area contributed by atoms with Gasteiger partial charge in [0.25, 0.3) is 0 Å². The van der Waals surface area contributed by atoms with Gasteiger partial charge in [0.2, 0.25) is 10.0 Å². The van der Waals surface area contributed by atoms with E-state index < -0.39 is 16.1 Å². The quantitative estimate of drug-likeness (QED) is 0.380. The molecule has 158 valence electrons.